The lowest BCUT2D eigenvalue weighted by molar-refractivity contribution is -0.167. The highest BCUT2D eigenvalue weighted by Crippen LogP contribution is 2.15. The molecule has 0 saturated carbocycles. The molecular weight excluding hydrogens is 793 g/mol. The largest absolute Gasteiger partial charge is 0.462 e. The van der Waals surface area contributed by atoms with Gasteiger partial charge in [0.25, 0.3) is 0 Å². The molecule has 0 spiro atoms. The molecule has 0 aromatic rings. The number of unbranched alkanes of at least 4 members (excludes halogenated alkanes) is 32. The Morgan fingerprint density at radius 2 is 0.578 bits per heavy atom. The summed E-state index contributed by atoms with van der Waals surface area (Å²) in [5.41, 5.74) is 0. The summed E-state index contributed by atoms with van der Waals surface area (Å²) in [7, 11) is 0. The van der Waals surface area contributed by atoms with Crippen LogP contribution < -0.4 is 0 Å². The molecule has 64 heavy (non-hydrogen) atoms. The third kappa shape index (κ3) is 50.4. The van der Waals surface area contributed by atoms with Crippen molar-refractivity contribution in [2.75, 3.05) is 13.2 Å². The molecule has 0 N–H and O–H groups in total. The van der Waals surface area contributed by atoms with Crippen LogP contribution in [0.4, 0.5) is 0 Å². The van der Waals surface area contributed by atoms with E-state index in [4.69, 9.17) is 14.2 Å². The van der Waals surface area contributed by atoms with Gasteiger partial charge in [-0.3, -0.25) is 14.4 Å². The Morgan fingerprint density at radius 3 is 0.984 bits per heavy atom. The zero-order chi connectivity index (χ0) is 46.5. The first-order valence-corrected chi connectivity index (χ1v) is 27.7. The van der Waals surface area contributed by atoms with E-state index in [2.05, 4.69) is 69.4 Å². The average molecular weight is 897 g/mol. The number of carbonyl (C=O) groups excluding carboxylic acids is 3. The minimum absolute atomic E-state index is 0.0856. The van der Waals surface area contributed by atoms with Crippen LogP contribution in [0.1, 0.15) is 284 Å². The van der Waals surface area contributed by atoms with Gasteiger partial charge in [0.05, 0.1) is 0 Å². The smallest absolute Gasteiger partial charge is 0.306 e. The maximum absolute atomic E-state index is 12.8. The highest BCUT2D eigenvalue weighted by molar-refractivity contribution is 5.71. The molecule has 6 heteroatoms. The van der Waals surface area contributed by atoms with Crippen molar-refractivity contribution >= 4 is 17.9 Å². The van der Waals surface area contributed by atoms with Crippen molar-refractivity contribution in [2.24, 2.45) is 0 Å². The normalized spacial score (nSPS) is 12.4. The number of rotatable bonds is 50. The molecule has 0 saturated heterocycles. The van der Waals surface area contributed by atoms with Gasteiger partial charge in [-0.1, -0.05) is 223 Å². The Hall–Kier alpha value is -2.63. The lowest BCUT2D eigenvalue weighted by Crippen LogP contribution is -2.30. The Morgan fingerprint density at radius 1 is 0.312 bits per heavy atom. The maximum Gasteiger partial charge on any atom is 0.306 e. The number of esters is 3. The predicted molar refractivity (Wildman–Crippen MR) is 275 cm³/mol. The lowest BCUT2D eigenvalue weighted by atomic mass is 10.1. The molecule has 1 atom stereocenters. The molecule has 0 rings (SSSR count). The van der Waals surface area contributed by atoms with Gasteiger partial charge in [-0.2, -0.15) is 0 Å². The van der Waals surface area contributed by atoms with Crippen molar-refractivity contribution in [3.05, 3.63) is 48.6 Å². The van der Waals surface area contributed by atoms with Crippen molar-refractivity contribution in [1.82, 2.24) is 0 Å². The predicted octanol–water partition coefficient (Wildman–Crippen LogP) is 18.3. The first kappa shape index (κ1) is 61.4. The SMILES string of the molecule is CCCCC/C=C\C=C/CCCCCCCCCCCCC(=O)OCC(COC(=O)CCC/C=C\CCCCCC)OC(=O)CCCCCCC/C=C\CCCCCCCCCCC. The summed E-state index contributed by atoms with van der Waals surface area (Å²) in [5, 5.41) is 0. The van der Waals surface area contributed by atoms with E-state index in [9.17, 15) is 14.4 Å². The number of allylic oxidation sites excluding steroid dienone is 8. The third-order valence-corrected chi connectivity index (χ3v) is 12.1. The van der Waals surface area contributed by atoms with Crippen molar-refractivity contribution in [1.29, 1.82) is 0 Å². The second kappa shape index (κ2) is 53.0. The molecule has 0 heterocycles. The Kier molecular flexibility index (Phi) is 50.8. The summed E-state index contributed by atoms with van der Waals surface area (Å²) in [4.78, 5) is 38.0. The van der Waals surface area contributed by atoms with Gasteiger partial charge in [-0.05, 0) is 89.9 Å². The second-order valence-electron chi connectivity index (χ2n) is 18.5. The molecule has 0 aromatic heterocycles. The van der Waals surface area contributed by atoms with E-state index in [0.717, 1.165) is 70.6 Å². The molecule has 0 aromatic carbocycles. The fourth-order valence-corrected chi connectivity index (χ4v) is 7.84. The molecule has 0 fully saturated rings. The van der Waals surface area contributed by atoms with E-state index in [1.54, 1.807) is 0 Å². The van der Waals surface area contributed by atoms with E-state index in [-0.39, 0.29) is 31.1 Å². The fraction of sp³-hybridized carbons (Fsp3) is 0.810. The van der Waals surface area contributed by atoms with Gasteiger partial charge < -0.3 is 14.2 Å². The molecule has 0 radical (unpaired) electrons. The molecule has 0 aliphatic heterocycles. The van der Waals surface area contributed by atoms with Gasteiger partial charge in [-0.25, -0.2) is 0 Å². The first-order chi connectivity index (χ1) is 31.5. The zero-order valence-corrected chi connectivity index (χ0v) is 42.6. The number of hydrogen-bond acceptors (Lipinski definition) is 6. The second-order valence-corrected chi connectivity index (χ2v) is 18.5. The summed E-state index contributed by atoms with van der Waals surface area (Å²) in [6.45, 7) is 6.56. The van der Waals surface area contributed by atoms with Crippen LogP contribution in [-0.2, 0) is 28.6 Å². The Labute approximate surface area is 397 Å². The van der Waals surface area contributed by atoms with Crippen molar-refractivity contribution in [3.8, 4) is 0 Å². The Balaban J connectivity index is 4.30. The van der Waals surface area contributed by atoms with E-state index >= 15 is 0 Å². The van der Waals surface area contributed by atoms with Gasteiger partial charge in [0.1, 0.15) is 13.2 Å². The summed E-state index contributed by atoms with van der Waals surface area (Å²) in [5.74, 6) is -0.925. The van der Waals surface area contributed by atoms with Crippen LogP contribution in [0.2, 0.25) is 0 Å². The molecular formula is C58H104O6. The number of hydrogen-bond donors (Lipinski definition) is 0. The molecule has 0 aliphatic carbocycles. The van der Waals surface area contributed by atoms with Crippen LogP contribution in [0.25, 0.3) is 0 Å². The minimum atomic E-state index is -0.788. The van der Waals surface area contributed by atoms with Gasteiger partial charge >= 0.3 is 17.9 Å². The summed E-state index contributed by atoms with van der Waals surface area (Å²) < 4.78 is 16.8. The van der Waals surface area contributed by atoms with Crippen molar-refractivity contribution in [2.45, 2.75) is 290 Å². The van der Waals surface area contributed by atoms with E-state index in [0.29, 0.717) is 19.3 Å². The van der Waals surface area contributed by atoms with Crippen molar-refractivity contribution < 1.29 is 28.6 Å². The van der Waals surface area contributed by atoms with Crippen LogP contribution in [0.5, 0.6) is 0 Å². The van der Waals surface area contributed by atoms with Crippen LogP contribution in [0.3, 0.4) is 0 Å². The monoisotopic (exact) mass is 897 g/mol. The highest BCUT2D eigenvalue weighted by atomic mass is 16.6. The van der Waals surface area contributed by atoms with Gasteiger partial charge in [0, 0.05) is 19.3 Å². The Bertz CT molecular complexity index is 1120. The van der Waals surface area contributed by atoms with Crippen molar-refractivity contribution in [3.63, 3.8) is 0 Å². The maximum atomic E-state index is 12.8. The fourth-order valence-electron chi connectivity index (χ4n) is 7.84. The van der Waals surface area contributed by atoms with Crippen LogP contribution in [-0.4, -0.2) is 37.2 Å². The highest BCUT2D eigenvalue weighted by Gasteiger charge is 2.19. The van der Waals surface area contributed by atoms with Crippen LogP contribution in [0, 0.1) is 0 Å². The lowest BCUT2D eigenvalue weighted by Gasteiger charge is -2.18. The topological polar surface area (TPSA) is 78.9 Å². The van der Waals surface area contributed by atoms with Gasteiger partial charge in [0.2, 0.25) is 0 Å². The molecule has 6 nitrogen and oxygen atoms in total. The van der Waals surface area contributed by atoms with Gasteiger partial charge in [-0.15, -0.1) is 0 Å². The van der Waals surface area contributed by atoms with E-state index in [1.807, 2.05) is 0 Å². The van der Waals surface area contributed by atoms with Crippen LogP contribution >= 0.6 is 0 Å². The summed E-state index contributed by atoms with van der Waals surface area (Å²) in [6.07, 6.45) is 64.0. The van der Waals surface area contributed by atoms with Gasteiger partial charge in [0.15, 0.2) is 6.10 Å². The van der Waals surface area contributed by atoms with E-state index < -0.39 is 6.10 Å². The molecule has 1 unspecified atom stereocenters. The first-order valence-electron chi connectivity index (χ1n) is 27.7. The molecule has 0 amide bonds. The van der Waals surface area contributed by atoms with E-state index in [1.165, 1.54) is 173 Å². The molecule has 372 valence electrons. The molecule has 0 bridgehead atoms. The quantitative estimate of drug-likeness (QED) is 0.0199. The zero-order valence-electron chi connectivity index (χ0n) is 42.6. The summed E-state index contributed by atoms with van der Waals surface area (Å²) >= 11 is 0. The average Bonchev–Trinajstić information content (AvgIpc) is 3.29. The number of ether oxygens (including phenoxy) is 3. The number of carbonyl (C=O) groups is 3. The minimum Gasteiger partial charge on any atom is -0.462 e. The molecule has 0 aliphatic rings. The third-order valence-electron chi connectivity index (χ3n) is 12.1. The standard InChI is InChI=1S/C58H104O6/c1-4-7-10-13-16-19-21-23-25-27-29-31-32-34-36-39-42-45-48-51-57(60)63-54-55(53-62-56(59)50-47-44-41-38-18-15-12-9-6-3)64-58(61)52-49-46-43-40-37-35-33-30-28-26-24-22-20-17-14-11-8-5-2/h16,19,21,23,30,33,38,41,55H,4-15,17-18,20,22,24-29,31-32,34-37,39-40,42-54H2,1-3H3/b19-16-,23-21-,33-30-,41-38-. The summed E-state index contributed by atoms with van der Waals surface area (Å²) in [6, 6.07) is 0. The van der Waals surface area contributed by atoms with Crippen LogP contribution in [0.15, 0.2) is 48.6 Å².